The molecule has 0 saturated carbocycles. The van der Waals surface area contributed by atoms with Gasteiger partial charge in [-0.2, -0.15) is 0 Å². The van der Waals surface area contributed by atoms with Crippen molar-refractivity contribution in [1.82, 2.24) is 0 Å². The molecule has 0 aromatic rings. The molecule has 0 amide bonds. The van der Waals surface area contributed by atoms with E-state index in [2.05, 4.69) is 13.8 Å². The smallest absolute Gasteiger partial charge is 0.307 e. The number of carboxylic acid groups (broad SMARTS) is 1. The minimum atomic E-state index is -0.878. The van der Waals surface area contributed by atoms with E-state index in [4.69, 9.17) is 4.74 Å². The first-order chi connectivity index (χ1) is 19.6. The molecule has 4 heteroatoms. The maximum atomic E-state index is 12.3. The Bertz CT molecular complexity index is 533. The first-order valence-electron chi connectivity index (χ1n) is 18.0. The van der Waals surface area contributed by atoms with Crippen LogP contribution in [0.2, 0.25) is 0 Å². The van der Waals surface area contributed by atoms with Crippen LogP contribution < -0.4 is 0 Å². The number of hydrogen-bond donors (Lipinski definition) is 1. The van der Waals surface area contributed by atoms with E-state index in [9.17, 15) is 14.7 Å². The van der Waals surface area contributed by atoms with Crippen molar-refractivity contribution < 1.29 is 19.4 Å². The monoisotopic (exact) mass is 567 g/mol. The lowest BCUT2D eigenvalue weighted by Crippen LogP contribution is -2.21. The van der Waals surface area contributed by atoms with Gasteiger partial charge in [0.05, 0.1) is 6.42 Å². The normalized spacial score (nSPS) is 12.1. The third-order valence-corrected chi connectivity index (χ3v) is 8.31. The average Bonchev–Trinajstić information content (AvgIpc) is 2.93. The summed E-state index contributed by atoms with van der Waals surface area (Å²) in [6, 6.07) is 0. The van der Waals surface area contributed by atoms with E-state index in [1.54, 1.807) is 0 Å². The van der Waals surface area contributed by atoms with Gasteiger partial charge in [0, 0.05) is 6.42 Å². The van der Waals surface area contributed by atoms with Crippen LogP contribution in [0.25, 0.3) is 0 Å². The average molecular weight is 567 g/mol. The highest BCUT2D eigenvalue weighted by molar-refractivity contribution is 5.71. The van der Waals surface area contributed by atoms with E-state index in [-0.39, 0.29) is 12.4 Å². The molecule has 0 aliphatic rings. The van der Waals surface area contributed by atoms with E-state index >= 15 is 0 Å². The van der Waals surface area contributed by atoms with E-state index in [1.165, 1.54) is 154 Å². The molecule has 0 radical (unpaired) electrons. The third-order valence-electron chi connectivity index (χ3n) is 8.31. The molecule has 0 fully saturated rings. The number of carbonyl (C=O) groups excluding carboxylic acids is 1. The molecule has 0 aliphatic heterocycles. The third kappa shape index (κ3) is 31.5. The van der Waals surface area contributed by atoms with Crippen molar-refractivity contribution in [1.29, 1.82) is 0 Å². The maximum Gasteiger partial charge on any atom is 0.307 e. The first-order valence-corrected chi connectivity index (χ1v) is 18.0. The van der Waals surface area contributed by atoms with Crippen LogP contribution in [0.5, 0.6) is 0 Å². The Balaban J connectivity index is 3.54. The summed E-state index contributed by atoms with van der Waals surface area (Å²) >= 11 is 0. The van der Waals surface area contributed by atoms with Crippen LogP contribution in [-0.2, 0) is 14.3 Å². The topological polar surface area (TPSA) is 63.6 Å². The van der Waals surface area contributed by atoms with E-state index in [0.717, 1.165) is 25.7 Å². The van der Waals surface area contributed by atoms with Gasteiger partial charge in [-0.15, -0.1) is 0 Å². The molecule has 1 atom stereocenters. The predicted octanol–water partition coefficient (Wildman–Crippen LogP) is 12.1. The standard InChI is InChI=1S/C36H70O4/c1-3-5-7-9-11-13-14-15-16-17-18-19-20-21-22-24-26-28-30-32-36(39)40-34(33-35(37)38)31-29-27-25-23-12-10-8-6-4-2/h34H,3-33H2,1-2H3,(H,37,38). The predicted molar refractivity (Wildman–Crippen MR) is 172 cm³/mol. The SMILES string of the molecule is CCCCCCCCCCCCCCCCCCCCCC(=O)OC(CCCCCCCCCCC)CC(=O)O. The number of ether oxygens (including phenoxy) is 1. The Labute approximate surface area is 250 Å². The number of unbranched alkanes of at least 4 members (excludes halogenated alkanes) is 26. The van der Waals surface area contributed by atoms with Gasteiger partial charge in [0.15, 0.2) is 0 Å². The second-order valence-corrected chi connectivity index (χ2v) is 12.4. The van der Waals surface area contributed by atoms with Gasteiger partial charge < -0.3 is 9.84 Å². The lowest BCUT2D eigenvalue weighted by atomic mass is 10.0. The zero-order chi connectivity index (χ0) is 29.4. The molecule has 0 saturated heterocycles. The van der Waals surface area contributed by atoms with Crippen LogP contribution >= 0.6 is 0 Å². The fourth-order valence-electron chi connectivity index (χ4n) is 5.67. The summed E-state index contributed by atoms with van der Waals surface area (Å²) in [5, 5.41) is 9.19. The van der Waals surface area contributed by atoms with Gasteiger partial charge in [0.25, 0.3) is 0 Å². The molecule has 1 N–H and O–H groups in total. The Morgan fingerprint density at radius 3 is 1.10 bits per heavy atom. The van der Waals surface area contributed by atoms with Gasteiger partial charge in [-0.25, -0.2) is 0 Å². The number of carboxylic acids is 1. The van der Waals surface area contributed by atoms with Crippen LogP contribution in [0.4, 0.5) is 0 Å². The quantitative estimate of drug-likeness (QED) is 0.0633. The number of aliphatic carboxylic acids is 1. The second-order valence-electron chi connectivity index (χ2n) is 12.4. The number of carbonyl (C=O) groups is 2. The number of esters is 1. The Kier molecular flexibility index (Phi) is 31.6. The summed E-state index contributed by atoms with van der Waals surface area (Å²) in [5.41, 5.74) is 0. The summed E-state index contributed by atoms with van der Waals surface area (Å²) in [5.74, 6) is -1.09. The lowest BCUT2D eigenvalue weighted by Gasteiger charge is -2.16. The van der Waals surface area contributed by atoms with Crippen molar-refractivity contribution in [3.05, 3.63) is 0 Å². The van der Waals surface area contributed by atoms with Gasteiger partial charge in [-0.05, 0) is 19.3 Å². The summed E-state index contributed by atoms with van der Waals surface area (Å²) in [6.45, 7) is 4.52. The molecule has 4 nitrogen and oxygen atoms in total. The Hall–Kier alpha value is -1.06. The highest BCUT2D eigenvalue weighted by Gasteiger charge is 2.17. The molecular formula is C36H70O4. The van der Waals surface area contributed by atoms with Gasteiger partial charge in [0.1, 0.15) is 6.10 Å². The summed E-state index contributed by atoms with van der Waals surface area (Å²) < 4.78 is 5.55. The molecule has 0 aliphatic carbocycles. The Morgan fingerprint density at radius 1 is 0.475 bits per heavy atom. The van der Waals surface area contributed by atoms with E-state index in [0.29, 0.717) is 12.8 Å². The van der Waals surface area contributed by atoms with Crippen LogP contribution in [-0.4, -0.2) is 23.1 Å². The molecule has 0 rings (SSSR count). The molecular weight excluding hydrogens is 496 g/mol. The summed E-state index contributed by atoms with van der Waals surface area (Å²) in [4.78, 5) is 23.5. The van der Waals surface area contributed by atoms with Gasteiger partial charge in [-0.1, -0.05) is 181 Å². The van der Waals surface area contributed by atoms with Crippen molar-refractivity contribution in [2.75, 3.05) is 0 Å². The van der Waals surface area contributed by atoms with Crippen molar-refractivity contribution >= 4 is 11.9 Å². The number of hydrogen-bond acceptors (Lipinski definition) is 3. The van der Waals surface area contributed by atoms with Crippen molar-refractivity contribution in [3.8, 4) is 0 Å². The zero-order valence-corrected chi connectivity index (χ0v) is 27.2. The summed E-state index contributed by atoms with van der Waals surface area (Å²) in [6.07, 6.45) is 37.0. The second kappa shape index (κ2) is 32.5. The fraction of sp³-hybridized carbons (Fsp3) is 0.944. The summed E-state index contributed by atoms with van der Waals surface area (Å²) in [7, 11) is 0. The van der Waals surface area contributed by atoms with Crippen LogP contribution in [0.15, 0.2) is 0 Å². The van der Waals surface area contributed by atoms with Crippen LogP contribution in [0, 0.1) is 0 Å². The molecule has 0 bridgehead atoms. The molecule has 0 heterocycles. The molecule has 0 aromatic carbocycles. The van der Waals surface area contributed by atoms with E-state index in [1.807, 2.05) is 0 Å². The molecule has 1 unspecified atom stereocenters. The minimum absolute atomic E-state index is 0.0675. The zero-order valence-electron chi connectivity index (χ0n) is 27.2. The van der Waals surface area contributed by atoms with Gasteiger partial charge in [0.2, 0.25) is 0 Å². The van der Waals surface area contributed by atoms with Gasteiger partial charge >= 0.3 is 11.9 Å². The van der Waals surface area contributed by atoms with Crippen LogP contribution in [0.3, 0.4) is 0 Å². The molecule has 0 aromatic heterocycles. The molecule has 238 valence electrons. The maximum absolute atomic E-state index is 12.3. The highest BCUT2D eigenvalue weighted by Crippen LogP contribution is 2.17. The lowest BCUT2D eigenvalue weighted by molar-refractivity contribution is -0.153. The Morgan fingerprint density at radius 2 is 0.775 bits per heavy atom. The van der Waals surface area contributed by atoms with Gasteiger partial charge in [-0.3, -0.25) is 9.59 Å². The van der Waals surface area contributed by atoms with Crippen molar-refractivity contribution in [2.24, 2.45) is 0 Å². The fourth-order valence-corrected chi connectivity index (χ4v) is 5.67. The largest absolute Gasteiger partial charge is 0.481 e. The van der Waals surface area contributed by atoms with E-state index < -0.39 is 12.1 Å². The first kappa shape index (κ1) is 38.9. The van der Waals surface area contributed by atoms with Crippen LogP contribution in [0.1, 0.15) is 213 Å². The molecule has 0 spiro atoms. The van der Waals surface area contributed by atoms with Crippen molar-refractivity contribution in [2.45, 2.75) is 219 Å². The highest BCUT2D eigenvalue weighted by atomic mass is 16.5. The number of rotatable bonds is 33. The van der Waals surface area contributed by atoms with Crippen molar-refractivity contribution in [3.63, 3.8) is 0 Å². The minimum Gasteiger partial charge on any atom is -0.481 e. The molecule has 40 heavy (non-hydrogen) atoms.